The maximum Gasteiger partial charge on any atom is 0.139 e. The summed E-state index contributed by atoms with van der Waals surface area (Å²) < 4.78 is 6.47. The van der Waals surface area contributed by atoms with Gasteiger partial charge in [-0.2, -0.15) is 0 Å². The van der Waals surface area contributed by atoms with E-state index in [9.17, 15) is 0 Å². The minimum Gasteiger partial charge on any atom is -0.492 e. The van der Waals surface area contributed by atoms with E-state index in [1.807, 2.05) is 12.1 Å². The van der Waals surface area contributed by atoms with E-state index in [0.29, 0.717) is 23.8 Å². The Balaban J connectivity index is 2.31. The van der Waals surface area contributed by atoms with Gasteiger partial charge in [-0.1, -0.05) is 27.5 Å². The first kappa shape index (κ1) is 13.3. The van der Waals surface area contributed by atoms with Gasteiger partial charge in [-0.3, -0.25) is 5.41 Å². The van der Waals surface area contributed by atoms with Gasteiger partial charge >= 0.3 is 0 Å². The molecule has 0 saturated carbocycles. The number of benzene rings is 1. The Bertz CT molecular complexity index is 371. The molecule has 16 heavy (non-hydrogen) atoms. The van der Waals surface area contributed by atoms with E-state index in [4.69, 9.17) is 27.5 Å². The van der Waals surface area contributed by atoms with Gasteiger partial charge in [-0.15, -0.1) is 0 Å². The van der Waals surface area contributed by atoms with Gasteiger partial charge in [0.1, 0.15) is 5.75 Å². The van der Waals surface area contributed by atoms with Gasteiger partial charge in [0.15, 0.2) is 0 Å². The van der Waals surface area contributed by atoms with Crippen molar-refractivity contribution in [3.8, 4) is 5.75 Å². The summed E-state index contributed by atoms with van der Waals surface area (Å²) in [6.45, 7) is 0.587. The van der Waals surface area contributed by atoms with Crippen LogP contribution in [0.15, 0.2) is 22.7 Å². The molecule has 88 valence electrons. The summed E-state index contributed by atoms with van der Waals surface area (Å²) in [6.07, 6.45) is 2.35. The zero-order valence-corrected chi connectivity index (χ0v) is 11.1. The first-order valence-corrected chi connectivity index (χ1v) is 6.17. The lowest BCUT2D eigenvalue weighted by Crippen LogP contribution is -2.09. The highest BCUT2D eigenvalue weighted by molar-refractivity contribution is 9.10. The van der Waals surface area contributed by atoms with Gasteiger partial charge in [0.2, 0.25) is 0 Å². The van der Waals surface area contributed by atoms with E-state index in [1.54, 1.807) is 6.07 Å². The number of hydrogen-bond donors (Lipinski definition) is 2. The molecule has 0 spiro atoms. The molecule has 0 saturated heterocycles. The van der Waals surface area contributed by atoms with Crippen LogP contribution in [0.3, 0.4) is 0 Å². The van der Waals surface area contributed by atoms with Crippen LogP contribution in [0, 0.1) is 5.41 Å². The molecular weight excluding hydrogens is 291 g/mol. The minimum absolute atomic E-state index is 0.223. The third-order valence-corrected chi connectivity index (χ3v) is 2.80. The number of ether oxygens (including phenoxy) is 1. The van der Waals surface area contributed by atoms with Gasteiger partial charge in [0.05, 0.1) is 17.5 Å². The normalized spacial score (nSPS) is 10.1. The molecule has 0 amide bonds. The fraction of sp³-hybridized carbons (Fsp3) is 0.364. The zero-order valence-electron chi connectivity index (χ0n) is 8.80. The number of halogens is 2. The first-order chi connectivity index (χ1) is 7.59. The Kier molecular flexibility index (Phi) is 5.63. The Morgan fingerprint density at radius 1 is 1.44 bits per heavy atom. The van der Waals surface area contributed by atoms with E-state index in [1.165, 1.54) is 0 Å². The van der Waals surface area contributed by atoms with E-state index >= 15 is 0 Å². The molecular formula is C11H14BrClN2O. The van der Waals surface area contributed by atoms with Crippen LogP contribution in [0.5, 0.6) is 5.75 Å². The van der Waals surface area contributed by atoms with Crippen molar-refractivity contribution in [1.82, 2.24) is 0 Å². The predicted octanol–water partition coefficient (Wildman–Crippen LogP) is 3.59. The van der Waals surface area contributed by atoms with Crippen molar-refractivity contribution < 1.29 is 4.74 Å². The fourth-order valence-electron chi connectivity index (χ4n) is 1.19. The van der Waals surface area contributed by atoms with Gasteiger partial charge < -0.3 is 10.5 Å². The van der Waals surface area contributed by atoms with E-state index in [2.05, 4.69) is 15.9 Å². The maximum atomic E-state index is 7.07. The third-order valence-electron chi connectivity index (χ3n) is 1.99. The Morgan fingerprint density at radius 2 is 2.19 bits per heavy atom. The Hall–Kier alpha value is -0.740. The molecule has 3 nitrogen and oxygen atoms in total. The average molecular weight is 306 g/mol. The summed E-state index contributed by atoms with van der Waals surface area (Å²) in [7, 11) is 0. The molecule has 0 unspecified atom stereocenters. The van der Waals surface area contributed by atoms with E-state index in [-0.39, 0.29) is 5.84 Å². The molecule has 0 atom stereocenters. The molecule has 1 aromatic carbocycles. The zero-order chi connectivity index (χ0) is 12.0. The molecule has 0 radical (unpaired) electrons. The minimum atomic E-state index is 0.223. The van der Waals surface area contributed by atoms with Crippen LogP contribution in [0.1, 0.15) is 19.3 Å². The highest BCUT2D eigenvalue weighted by Crippen LogP contribution is 2.27. The quantitative estimate of drug-likeness (QED) is 0.479. The van der Waals surface area contributed by atoms with E-state index < -0.39 is 0 Å². The standard InChI is InChI=1S/C11H14BrClN2O/c12-8-4-5-9(13)10(7-8)16-6-2-1-3-11(14)15/h4-5,7H,1-3,6H2,(H3,14,15). The molecule has 1 rings (SSSR count). The largest absolute Gasteiger partial charge is 0.492 e. The van der Waals surface area contributed by atoms with Crippen molar-refractivity contribution in [3.63, 3.8) is 0 Å². The third kappa shape index (κ3) is 4.86. The molecule has 0 aliphatic heterocycles. The molecule has 0 bridgehead atoms. The summed E-state index contributed by atoms with van der Waals surface area (Å²) in [4.78, 5) is 0. The van der Waals surface area contributed by atoms with Crippen LogP contribution >= 0.6 is 27.5 Å². The van der Waals surface area contributed by atoms with Gasteiger partial charge in [0.25, 0.3) is 0 Å². The summed E-state index contributed by atoms with van der Waals surface area (Å²) in [6, 6.07) is 5.49. The van der Waals surface area contributed by atoms with Crippen molar-refractivity contribution in [3.05, 3.63) is 27.7 Å². The van der Waals surface area contributed by atoms with Crippen molar-refractivity contribution in [2.24, 2.45) is 5.73 Å². The molecule has 3 N–H and O–H groups in total. The van der Waals surface area contributed by atoms with Crippen LogP contribution in [-0.4, -0.2) is 12.4 Å². The van der Waals surface area contributed by atoms with Crippen LogP contribution in [0.2, 0.25) is 5.02 Å². The lowest BCUT2D eigenvalue weighted by molar-refractivity contribution is 0.308. The van der Waals surface area contributed by atoms with Crippen molar-refractivity contribution in [2.45, 2.75) is 19.3 Å². The monoisotopic (exact) mass is 304 g/mol. The summed E-state index contributed by atoms with van der Waals surface area (Å²) in [5, 5.41) is 7.67. The molecule has 0 heterocycles. The highest BCUT2D eigenvalue weighted by atomic mass is 79.9. The van der Waals surface area contributed by atoms with Gasteiger partial charge in [-0.25, -0.2) is 0 Å². The molecule has 1 aromatic rings. The van der Waals surface area contributed by atoms with Crippen LogP contribution in [0.4, 0.5) is 0 Å². The van der Waals surface area contributed by atoms with E-state index in [0.717, 1.165) is 17.3 Å². The number of nitrogens with one attached hydrogen (secondary N) is 1. The smallest absolute Gasteiger partial charge is 0.139 e. The fourth-order valence-corrected chi connectivity index (χ4v) is 1.70. The van der Waals surface area contributed by atoms with Crippen LogP contribution in [0.25, 0.3) is 0 Å². The predicted molar refractivity (Wildman–Crippen MR) is 70.4 cm³/mol. The second-order valence-electron chi connectivity index (χ2n) is 3.41. The number of hydrogen-bond acceptors (Lipinski definition) is 2. The molecule has 0 fully saturated rings. The average Bonchev–Trinajstić information content (AvgIpc) is 2.22. The van der Waals surface area contributed by atoms with Crippen molar-refractivity contribution >= 4 is 33.4 Å². The Labute approximate surface area is 109 Å². The summed E-state index contributed by atoms with van der Waals surface area (Å²) in [5.41, 5.74) is 5.24. The van der Waals surface area contributed by atoms with Gasteiger partial charge in [0, 0.05) is 10.9 Å². The number of rotatable bonds is 6. The summed E-state index contributed by atoms with van der Waals surface area (Å²) in [5.74, 6) is 0.902. The Morgan fingerprint density at radius 3 is 2.88 bits per heavy atom. The molecule has 0 aliphatic carbocycles. The maximum absolute atomic E-state index is 7.07. The van der Waals surface area contributed by atoms with Gasteiger partial charge in [-0.05, 0) is 31.0 Å². The molecule has 0 aromatic heterocycles. The number of amidine groups is 1. The van der Waals surface area contributed by atoms with Crippen LogP contribution in [-0.2, 0) is 0 Å². The number of nitrogens with two attached hydrogens (primary N) is 1. The first-order valence-electron chi connectivity index (χ1n) is 5.00. The second kappa shape index (κ2) is 6.76. The van der Waals surface area contributed by atoms with Crippen molar-refractivity contribution in [2.75, 3.05) is 6.61 Å². The second-order valence-corrected chi connectivity index (χ2v) is 4.73. The van der Waals surface area contributed by atoms with Crippen molar-refractivity contribution in [1.29, 1.82) is 5.41 Å². The SMILES string of the molecule is N=C(N)CCCCOc1cc(Br)ccc1Cl. The lowest BCUT2D eigenvalue weighted by atomic mass is 10.2. The number of unbranched alkanes of at least 4 members (excludes halogenated alkanes) is 1. The molecule has 0 aliphatic rings. The topological polar surface area (TPSA) is 59.1 Å². The van der Waals surface area contributed by atoms with Crippen LogP contribution < -0.4 is 10.5 Å². The summed E-state index contributed by atoms with van der Waals surface area (Å²) >= 11 is 9.31. The molecule has 5 heteroatoms. The lowest BCUT2D eigenvalue weighted by Gasteiger charge is -2.08. The highest BCUT2D eigenvalue weighted by Gasteiger charge is 2.01.